The summed E-state index contributed by atoms with van der Waals surface area (Å²) in [4.78, 5) is 14.7. The van der Waals surface area contributed by atoms with Gasteiger partial charge in [-0.05, 0) is 12.6 Å². The Morgan fingerprint density at radius 2 is 2.64 bits per heavy atom. The smallest absolute Gasteiger partial charge is 0.225 e. The third-order valence-corrected chi connectivity index (χ3v) is 2.09. The van der Waals surface area contributed by atoms with Gasteiger partial charge in [0.15, 0.2) is 4.34 Å². The number of nitrogens with one attached hydrogen (secondary N) is 1. The second-order valence-corrected chi connectivity index (χ2v) is 3.40. The normalized spacial score (nSPS) is 9.55. The standard InChI is InChI=1S/C6H7N2OS2/c1-2-5(9)7-4-3-11-6(10)8-4/h3H,2H2,1H3,(H,7,9). The van der Waals surface area contributed by atoms with Crippen LogP contribution in [0.15, 0.2) is 9.72 Å². The maximum atomic E-state index is 10.8. The molecule has 1 amide bonds. The zero-order valence-corrected chi connectivity index (χ0v) is 7.59. The monoisotopic (exact) mass is 187 g/mol. The molecule has 11 heavy (non-hydrogen) atoms. The van der Waals surface area contributed by atoms with Crippen LogP contribution in [0.4, 0.5) is 5.82 Å². The van der Waals surface area contributed by atoms with Crippen molar-refractivity contribution in [3.8, 4) is 0 Å². The zero-order valence-electron chi connectivity index (χ0n) is 5.96. The van der Waals surface area contributed by atoms with Gasteiger partial charge in [-0.15, -0.1) is 11.3 Å². The first-order valence-electron chi connectivity index (χ1n) is 3.14. The first kappa shape index (κ1) is 8.42. The molecule has 0 saturated heterocycles. The number of carbonyl (C=O) groups excluding carboxylic acids is 1. The molecular weight excluding hydrogens is 180 g/mol. The molecule has 3 nitrogen and oxygen atoms in total. The molecule has 1 aromatic heterocycles. The highest BCUT2D eigenvalue weighted by Gasteiger charge is 2.01. The molecule has 0 saturated carbocycles. The number of hydrogen-bond acceptors (Lipinski definition) is 3. The van der Waals surface area contributed by atoms with Gasteiger partial charge in [-0.3, -0.25) is 4.79 Å². The minimum absolute atomic E-state index is 0.0368. The van der Waals surface area contributed by atoms with Gasteiger partial charge in [0, 0.05) is 11.8 Å². The van der Waals surface area contributed by atoms with E-state index in [1.807, 2.05) is 0 Å². The average molecular weight is 187 g/mol. The van der Waals surface area contributed by atoms with E-state index in [9.17, 15) is 4.79 Å². The Morgan fingerprint density at radius 3 is 3.09 bits per heavy atom. The fourth-order valence-corrected chi connectivity index (χ4v) is 1.26. The van der Waals surface area contributed by atoms with E-state index in [0.717, 1.165) is 0 Å². The van der Waals surface area contributed by atoms with Crippen LogP contribution < -0.4 is 5.32 Å². The van der Waals surface area contributed by atoms with Gasteiger partial charge in [0.1, 0.15) is 5.82 Å². The summed E-state index contributed by atoms with van der Waals surface area (Å²) in [6, 6.07) is 0. The Hall–Kier alpha value is -0.680. The topological polar surface area (TPSA) is 42.0 Å². The molecule has 1 aromatic rings. The second kappa shape index (κ2) is 3.64. The summed E-state index contributed by atoms with van der Waals surface area (Å²) in [6.07, 6.45) is 0.463. The Bertz CT molecular complexity index is 259. The van der Waals surface area contributed by atoms with Gasteiger partial charge in [0.25, 0.3) is 0 Å². The van der Waals surface area contributed by atoms with Crippen LogP contribution in [0, 0.1) is 0 Å². The minimum atomic E-state index is -0.0368. The maximum absolute atomic E-state index is 10.8. The van der Waals surface area contributed by atoms with Crippen molar-refractivity contribution in [3.63, 3.8) is 0 Å². The Morgan fingerprint density at radius 1 is 1.91 bits per heavy atom. The zero-order chi connectivity index (χ0) is 8.27. The van der Waals surface area contributed by atoms with E-state index in [2.05, 4.69) is 10.3 Å². The molecule has 0 aliphatic carbocycles. The van der Waals surface area contributed by atoms with E-state index in [1.165, 1.54) is 11.3 Å². The van der Waals surface area contributed by atoms with Crippen LogP contribution in [0.25, 0.3) is 0 Å². The summed E-state index contributed by atoms with van der Waals surface area (Å²) in [6.45, 7) is 1.79. The molecule has 0 aliphatic rings. The Balaban J connectivity index is 2.57. The third-order valence-electron chi connectivity index (χ3n) is 1.07. The van der Waals surface area contributed by atoms with Crippen molar-refractivity contribution in [3.05, 3.63) is 5.38 Å². The van der Waals surface area contributed by atoms with Crippen molar-refractivity contribution in [2.75, 3.05) is 5.32 Å². The number of anilines is 1. The Labute approximate surface area is 74.3 Å². The largest absolute Gasteiger partial charge is 0.310 e. The quantitative estimate of drug-likeness (QED) is 0.770. The van der Waals surface area contributed by atoms with Crippen LogP contribution in [0.1, 0.15) is 13.3 Å². The lowest BCUT2D eigenvalue weighted by molar-refractivity contribution is -0.115. The fraction of sp³-hybridized carbons (Fsp3) is 0.333. The van der Waals surface area contributed by atoms with Gasteiger partial charge < -0.3 is 5.32 Å². The molecule has 0 bridgehead atoms. The fourth-order valence-electron chi connectivity index (χ4n) is 0.546. The lowest BCUT2D eigenvalue weighted by atomic mass is 10.4. The number of nitrogens with zero attached hydrogens (tertiary/aromatic N) is 1. The van der Waals surface area contributed by atoms with Crippen LogP contribution in [0.3, 0.4) is 0 Å². The Kier molecular flexibility index (Phi) is 2.78. The SMILES string of the molecule is CCC(=O)Nc1csc([S])n1. The van der Waals surface area contributed by atoms with Crippen LogP contribution in [0.2, 0.25) is 0 Å². The summed E-state index contributed by atoms with van der Waals surface area (Å²) >= 11 is 6.12. The predicted octanol–water partition coefficient (Wildman–Crippen LogP) is 2.05. The predicted molar refractivity (Wildman–Crippen MR) is 46.9 cm³/mol. The van der Waals surface area contributed by atoms with Crippen molar-refractivity contribution < 1.29 is 4.79 Å². The molecule has 1 rings (SSSR count). The van der Waals surface area contributed by atoms with Gasteiger partial charge in [-0.1, -0.05) is 6.92 Å². The molecule has 5 heteroatoms. The molecule has 0 aromatic carbocycles. The van der Waals surface area contributed by atoms with Crippen molar-refractivity contribution in [2.24, 2.45) is 0 Å². The number of hydrogen-bond donors (Lipinski definition) is 1. The highest BCUT2D eigenvalue weighted by Crippen LogP contribution is 2.16. The lowest BCUT2D eigenvalue weighted by Gasteiger charge is -1.95. The first-order chi connectivity index (χ1) is 5.22. The van der Waals surface area contributed by atoms with Gasteiger partial charge in [-0.25, -0.2) is 4.98 Å². The van der Waals surface area contributed by atoms with E-state index in [-0.39, 0.29) is 5.91 Å². The number of amides is 1. The van der Waals surface area contributed by atoms with Crippen LogP contribution in [-0.2, 0) is 4.79 Å². The van der Waals surface area contributed by atoms with Crippen molar-refractivity contribution in [1.82, 2.24) is 4.98 Å². The van der Waals surface area contributed by atoms with Crippen LogP contribution in [-0.4, -0.2) is 10.9 Å². The van der Waals surface area contributed by atoms with Crippen molar-refractivity contribution >= 4 is 35.7 Å². The number of carbonyl (C=O) groups is 1. The summed E-state index contributed by atoms with van der Waals surface area (Å²) in [5.74, 6) is 0.525. The molecule has 1 radical (unpaired) electrons. The summed E-state index contributed by atoms with van der Waals surface area (Å²) in [7, 11) is 0. The average Bonchev–Trinajstić information content (AvgIpc) is 2.35. The van der Waals surface area contributed by atoms with Crippen LogP contribution >= 0.6 is 24.0 Å². The van der Waals surface area contributed by atoms with Gasteiger partial charge >= 0.3 is 0 Å². The van der Waals surface area contributed by atoms with E-state index in [4.69, 9.17) is 12.6 Å². The number of rotatable bonds is 2. The highest BCUT2D eigenvalue weighted by molar-refractivity contribution is 7.82. The molecule has 0 unspecified atom stereocenters. The van der Waals surface area contributed by atoms with Crippen molar-refractivity contribution in [2.45, 2.75) is 17.7 Å². The number of aromatic nitrogens is 1. The van der Waals surface area contributed by atoms with Gasteiger partial charge in [0.05, 0.1) is 0 Å². The van der Waals surface area contributed by atoms with Crippen LogP contribution in [0.5, 0.6) is 0 Å². The van der Waals surface area contributed by atoms with E-state index in [1.54, 1.807) is 12.3 Å². The summed E-state index contributed by atoms with van der Waals surface area (Å²) in [5, 5.41) is 4.34. The van der Waals surface area contributed by atoms with Crippen molar-refractivity contribution in [1.29, 1.82) is 0 Å². The molecule has 1 N–H and O–H groups in total. The minimum Gasteiger partial charge on any atom is -0.310 e. The summed E-state index contributed by atoms with van der Waals surface area (Å²) < 4.78 is 0.552. The maximum Gasteiger partial charge on any atom is 0.225 e. The van der Waals surface area contributed by atoms with Gasteiger partial charge in [0.2, 0.25) is 5.91 Å². The molecule has 1 heterocycles. The van der Waals surface area contributed by atoms with Gasteiger partial charge in [-0.2, -0.15) is 0 Å². The molecule has 0 aliphatic heterocycles. The van der Waals surface area contributed by atoms with E-state index < -0.39 is 0 Å². The molecule has 0 atom stereocenters. The molecule has 59 valence electrons. The first-order valence-corrected chi connectivity index (χ1v) is 4.43. The molecule has 0 fully saturated rings. The molecular formula is C6H7N2OS2. The summed E-state index contributed by atoms with van der Waals surface area (Å²) in [5.41, 5.74) is 0. The third kappa shape index (κ3) is 2.44. The lowest BCUT2D eigenvalue weighted by Crippen LogP contribution is -2.09. The highest BCUT2D eigenvalue weighted by atomic mass is 32.2. The molecule has 0 spiro atoms. The van der Waals surface area contributed by atoms with E-state index >= 15 is 0 Å². The number of thiazole rings is 1. The van der Waals surface area contributed by atoms with E-state index in [0.29, 0.717) is 16.6 Å². The second-order valence-electron chi connectivity index (χ2n) is 1.90.